The van der Waals surface area contributed by atoms with Crippen molar-refractivity contribution < 1.29 is 0 Å². The third-order valence-corrected chi connectivity index (χ3v) is 4.33. The Morgan fingerprint density at radius 1 is 1.04 bits per heavy atom. The lowest BCUT2D eigenvalue weighted by Gasteiger charge is -2.11. The van der Waals surface area contributed by atoms with Gasteiger partial charge in [0.05, 0.1) is 0 Å². The zero-order chi connectivity index (χ0) is 16.4. The van der Waals surface area contributed by atoms with Crippen LogP contribution in [0.2, 0.25) is 0 Å². The van der Waals surface area contributed by atoms with Crippen LogP contribution in [0.3, 0.4) is 0 Å². The monoisotopic (exact) mass is 320 g/mol. The molecule has 0 radical (unpaired) electrons. The predicted molar refractivity (Wildman–Crippen MR) is 97.7 cm³/mol. The van der Waals surface area contributed by atoms with Crippen molar-refractivity contribution in [3.05, 3.63) is 65.2 Å². The largest absolute Gasteiger partial charge is 0.383 e. The molecule has 0 saturated heterocycles. The van der Waals surface area contributed by atoms with E-state index in [0.717, 1.165) is 18.5 Å². The van der Waals surface area contributed by atoms with Crippen LogP contribution in [0.25, 0.3) is 10.8 Å². The van der Waals surface area contributed by atoms with Gasteiger partial charge in [0, 0.05) is 42.6 Å². The van der Waals surface area contributed by atoms with Crippen molar-refractivity contribution in [3.63, 3.8) is 0 Å². The maximum absolute atomic E-state index is 12.3. The molecular weight excluding hydrogens is 300 g/mol. The Morgan fingerprint density at radius 2 is 1.83 bits per heavy atom. The predicted octanol–water partition coefficient (Wildman–Crippen LogP) is 3.26. The zero-order valence-electron chi connectivity index (χ0n) is 13.4. The molecule has 122 valence electrons. The van der Waals surface area contributed by atoms with E-state index >= 15 is 0 Å². The first-order chi connectivity index (χ1) is 11.8. The Morgan fingerprint density at radius 3 is 2.71 bits per heavy atom. The lowest BCUT2D eigenvalue weighted by atomic mass is 10.1. The van der Waals surface area contributed by atoms with Gasteiger partial charge in [-0.2, -0.15) is 0 Å². The first-order valence-electron chi connectivity index (χ1n) is 8.35. The second-order valence-corrected chi connectivity index (χ2v) is 6.10. The third-order valence-electron chi connectivity index (χ3n) is 4.33. The Kier molecular flexibility index (Phi) is 3.91. The average Bonchev–Trinajstić information content (AvgIpc) is 3.45. The molecule has 5 heteroatoms. The number of nitrogens with zero attached hydrogens (tertiary/aromatic N) is 2. The van der Waals surface area contributed by atoms with Crippen molar-refractivity contribution in [2.45, 2.75) is 18.9 Å². The van der Waals surface area contributed by atoms with Crippen molar-refractivity contribution in [3.8, 4) is 0 Å². The summed E-state index contributed by atoms with van der Waals surface area (Å²) >= 11 is 0. The molecule has 1 saturated carbocycles. The molecular formula is C19H20N4O. The molecule has 0 bridgehead atoms. The van der Waals surface area contributed by atoms with Gasteiger partial charge in [-0.1, -0.05) is 36.4 Å². The number of nitrogens with one attached hydrogen (secondary N) is 2. The number of fused-ring (bicyclic) bond motifs is 1. The highest BCUT2D eigenvalue weighted by Gasteiger charge is 2.25. The Bertz CT molecular complexity index is 909. The number of benzene rings is 2. The van der Waals surface area contributed by atoms with E-state index in [1.54, 1.807) is 17.0 Å². The minimum atomic E-state index is -0.0230. The maximum Gasteiger partial charge on any atom is 0.293 e. The molecule has 1 fully saturated rings. The van der Waals surface area contributed by atoms with Gasteiger partial charge in [-0.05, 0) is 24.3 Å². The maximum atomic E-state index is 12.3. The van der Waals surface area contributed by atoms with Crippen LogP contribution in [-0.4, -0.2) is 22.6 Å². The van der Waals surface area contributed by atoms with Gasteiger partial charge in [0.2, 0.25) is 0 Å². The van der Waals surface area contributed by atoms with Crippen LogP contribution >= 0.6 is 0 Å². The summed E-state index contributed by atoms with van der Waals surface area (Å²) in [6.07, 6.45) is 5.65. The van der Waals surface area contributed by atoms with E-state index in [1.807, 2.05) is 18.2 Å². The van der Waals surface area contributed by atoms with Gasteiger partial charge in [-0.25, -0.2) is 4.98 Å². The standard InChI is InChI=1S/C19H20N4O/c24-19-18(22-12-13-23(19)15-8-9-15)21-11-10-20-17-7-3-5-14-4-1-2-6-16(14)17/h1-7,12-13,15,20H,8-11H2,(H,21,22). The Hall–Kier alpha value is -2.82. The Balaban J connectivity index is 1.40. The normalized spacial score (nSPS) is 13.8. The van der Waals surface area contributed by atoms with E-state index in [2.05, 4.69) is 39.9 Å². The van der Waals surface area contributed by atoms with Crippen molar-refractivity contribution in [1.29, 1.82) is 0 Å². The molecule has 0 aliphatic heterocycles. The first kappa shape index (κ1) is 14.8. The van der Waals surface area contributed by atoms with Gasteiger partial charge >= 0.3 is 0 Å². The van der Waals surface area contributed by atoms with Crippen molar-refractivity contribution in [2.24, 2.45) is 0 Å². The number of rotatable bonds is 6. The summed E-state index contributed by atoms with van der Waals surface area (Å²) < 4.78 is 1.79. The fourth-order valence-electron chi connectivity index (χ4n) is 2.94. The van der Waals surface area contributed by atoms with E-state index in [9.17, 15) is 4.79 Å². The van der Waals surface area contributed by atoms with Gasteiger partial charge in [0.25, 0.3) is 5.56 Å². The smallest absolute Gasteiger partial charge is 0.293 e. The highest BCUT2D eigenvalue weighted by atomic mass is 16.1. The number of aromatic nitrogens is 2. The summed E-state index contributed by atoms with van der Waals surface area (Å²) in [7, 11) is 0. The highest BCUT2D eigenvalue weighted by molar-refractivity contribution is 5.93. The lowest BCUT2D eigenvalue weighted by Crippen LogP contribution is -2.25. The number of hydrogen-bond acceptors (Lipinski definition) is 4. The molecule has 1 aromatic heterocycles. The average molecular weight is 320 g/mol. The fourth-order valence-corrected chi connectivity index (χ4v) is 2.94. The fraction of sp³-hybridized carbons (Fsp3) is 0.263. The summed E-state index contributed by atoms with van der Waals surface area (Å²) in [6, 6.07) is 14.9. The molecule has 5 nitrogen and oxygen atoms in total. The molecule has 2 aromatic carbocycles. The van der Waals surface area contributed by atoms with Gasteiger partial charge in [-0.15, -0.1) is 0 Å². The van der Waals surface area contributed by atoms with Gasteiger partial charge in [0.15, 0.2) is 5.82 Å². The molecule has 4 rings (SSSR count). The molecule has 2 N–H and O–H groups in total. The second-order valence-electron chi connectivity index (χ2n) is 6.10. The summed E-state index contributed by atoms with van der Waals surface area (Å²) in [5, 5.41) is 8.99. The van der Waals surface area contributed by atoms with Crippen LogP contribution in [0, 0.1) is 0 Å². The molecule has 24 heavy (non-hydrogen) atoms. The topological polar surface area (TPSA) is 59.0 Å². The molecule has 3 aromatic rings. The number of hydrogen-bond donors (Lipinski definition) is 2. The number of anilines is 2. The van der Waals surface area contributed by atoms with Gasteiger partial charge in [0.1, 0.15) is 0 Å². The van der Waals surface area contributed by atoms with E-state index in [-0.39, 0.29) is 5.56 Å². The SMILES string of the molecule is O=c1c(NCCNc2cccc3ccccc23)nccn1C1CC1. The van der Waals surface area contributed by atoms with Crippen molar-refractivity contribution in [2.75, 3.05) is 23.7 Å². The minimum Gasteiger partial charge on any atom is -0.383 e. The molecule has 1 aliphatic rings. The zero-order valence-corrected chi connectivity index (χ0v) is 13.4. The van der Waals surface area contributed by atoms with Crippen LogP contribution in [0.1, 0.15) is 18.9 Å². The van der Waals surface area contributed by atoms with E-state index in [0.29, 0.717) is 24.9 Å². The Labute approximate surface area is 140 Å². The lowest BCUT2D eigenvalue weighted by molar-refractivity contribution is 0.699. The molecule has 0 amide bonds. The second kappa shape index (κ2) is 6.35. The van der Waals surface area contributed by atoms with Crippen LogP contribution in [-0.2, 0) is 0 Å². The quantitative estimate of drug-likeness (QED) is 0.685. The van der Waals surface area contributed by atoms with E-state index < -0.39 is 0 Å². The molecule has 1 heterocycles. The molecule has 1 aliphatic carbocycles. The minimum absolute atomic E-state index is 0.0230. The first-order valence-corrected chi connectivity index (χ1v) is 8.35. The summed E-state index contributed by atoms with van der Waals surface area (Å²) in [5.74, 6) is 0.434. The highest BCUT2D eigenvalue weighted by Crippen LogP contribution is 2.33. The van der Waals surface area contributed by atoms with Crippen molar-refractivity contribution in [1.82, 2.24) is 9.55 Å². The molecule has 0 spiro atoms. The summed E-state index contributed by atoms with van der Waals surface area (Å²) in [4.78, 5) is 16.5. The van der Waals surface area contributed by atoms with Gasteiger partial charge < -0.3 is 15.2 Å². The third kappa shape index (κ3) is 2.97. The van der Waals surface area contributed by atoms with Crippen LogP contribution in [0.15, 0.2) is 59.7 Å². The van der Waals surface area contributed by atoms with Crippen LogP contribution in [0.4, 0.5) is 11.5 Å². The van der Waals surface area contributed by atoms with Gasteiger partial charge in [-0.3, -0.25) is 4.79 Å². The summed E-state index contributed by atoms with van der Waals surface area (Å²) in [6.45, 7) is 1.35. The van der Waals surface area contributed by atoms with E-state index in [1.165, 1.54) is 10.8 Å². The van der Waals surface area contributed by atoms with Crippen molar-refractivity contribution >= 4 is 22.3 Å². The van der Waals surface area contributed by atoms with Crippen LogP contribution < -0.4 is 16.2 Å². The van der Waals surface area contributed by atoms with Crippen LogP contribution in [0.5, 0.6) is 0 Å². The van der Waals surface area contributed by atoms with E-state index in [4.69, 9.17) is 0 Å². The summed E-state index contributed by atoms with van der Waals surface area (Å²) in [5.41, 5.74) is 1.08. The molecule has 0 unspecified atom stereocenters. The molecule has 0 atom stereocenters.